The molecule has 0 amide bonds. The zero-order valence-corrected chi connectivity index (χ0v) is 20.8. The van der Waals surface area contributed by atoms with Crippen LogP contribution >= 0.6 is 15.9 Å². The Morgan fingerprint density at radius 3 is 2.52 bits per heavy atom. The molecule has 0 saturated heterocycles. The minimum absolute atomic E-state index is 0.162. The van der Waals surface area contributed by atoms with E-state index >= 15 is 0 Å². The molecule has 2 aliphatic rings. The normalized spacial score (nSPS) is 32.0. The number of methoxy groups -OCH3 is 1. The minimum atomic E-state index is -1.29. The van der Waals surface area contributed by atoms with Crippen molar-refractivity contribution in [2.75, 3.05) is 13.7 Å². The number of rotatable bonds is 7. The monoisotopic (exact) mass is 483 g/mol. The van der Waals surface area contributed by atoms with Gasteiger partial charge in [-0.05, 0) is 69.7 Å². The molecule has 6 heteroatoms. The molecule has 1 saturated carbocycles. The molecule has 4 nitrogen and oxygen atoms in total. The van der Waals surface area contributed by atoms with E-state index in [4.69, 9.17) is 9.47 Å². The highest BCUT2D eigenvalue weighted by Crippen LogP contribution is 2.67. The summed E-state index contributed by atoms with van der Waals surface area (Å²) in [4.78, 5) is 0. The van der Waals surface area contributed by atoms with Gasteiger partial charge in [-0.25, -0.2) is 0 Å². The average Bonchev–Trinajstić information content (AvgIpc) is 3.06. The molecule has 2 aliphatic carbocycles. The molecule has 3 rings (SSSR count). The Morgan fingerprint density at radius 2 is 2.00 bits per heavy atom. The van der Waals surface area contributed by atoms with Gasteiger partial charge in [-0.3, -0.25) is 0 Å². The van der Waals surface area contributed by atoms with Crippen LogP contribution in [0.25, 0.3) is 0 Å². The fourth-order valence-corrected chi connectivity index (χ4v) is 6.59. The second-order valence-corrected chi connectivity index (χ2v) is 12.1. The molecular weight excluding hydrogens is 450 g/mol. The van der Waals surface area contributed by atoms with Crippen LogP contribution in [0.3, 0.4) is 0 Å². The molecule has 0 aromatic heterocycles. The number of hydrogen-bond donors (Lipinski definition) is 1. The zero-order chi connectivity index (χ0) is 21.6. The predicted octanol–water partition coefficient (Wildman–Crippen LogP) is 5.33. The topological polar surface area (TPSA) is 53.5 Å². The Hall–Kier alpha value is -0.530. The van der Waals surface area contributed by atoms with Gasteiger partial charge in [0, 0.05) is 28.4 Å². The summed E-state index contributed by atoms with van der Waals surface area (Å²) in [5, 5.41) is 0. The summed E-state index contributed by atoms with van der Waals surface area (Å²) >= 11 is 2.34. The van der Waals surface area contributed by atoms with Crippen LogP contribution < -0.4 is 4.72 Å². The molecule has 0 aliphatic heterocycles. The van der Waals surface area contributed by atoms with E-state index in [0.29, 0.717) is 18.3 Å². The zero-order valence-electron chi connectivity index (χ0n) is 18.4. The largest absolute Gasteiger partial charge is 0.598 e. The first-order valence-corrected chi connectivity index (χ1v) is 12.4. The van der Waals surface area contributed by atoms with Crippen LogP contribution in [0.5, 0.6) is 0 Å². The van der Waals surface area contributed by atoms with Crippen molar-refractivity contribution in [2.24, 2.45) is 5.92 Å². The van der Waals surface area contributed by atoms with E-state index in [-0.39, 0.29) is 11.5 Å². The van der Waals surface area contributed by atoms with Crippen LogP contribution in [-0.4, -0.2) is 29.1 Å². The number of ether oxygens (including phenoxy) is 2. The van der Waals surface area contributed by atoms with Crippen LogP contribution in [0, 0.1) is 5.92 Å². The fraction of sp³-hybridized carbons (Fsp3) is 0.652. The van der Waals surface area contributed by atoms with Crippen LogP contribution in [0.4, 0.5) is 0 Å². The van der Waals surface area contributed by atoms with Crippen molar-refractivity contribution in [3.05, 3.63) is 46.1 Å². The van der Waals surface area contributed by atoms with Crippen molar-refractivity contribution < 1.29 is 14.0 Å². The van der Waals surface area contributed by atoms with Gasteiger partial charge < -0.3 is 14.0 Å². The average molecular weight is 485 g/mol. The van der Waals surface area contributed by atoms with Crippen molar-refractivity contribution in [3.8, 4) is 0 Å². The molecule has 1 aromatic rings. The third kappa shape index (κ3) is 3.49. The first-order valence-electron chi connectivity index (χ1n) is 10.4. The highest BCUT2D eigenvalue weighted by molar-refractivity contribution is 9.10. The smallest absolute Gasteiger partial charge is 0.154 e. The highest BCUT2D eigenvalue weighted by Gasteiger charge is 2.71. The van der Waals surface area contributed by atoms with Crippen LogP contribution in [0.1, 0.15) is 65.0 Å². The van der Waals surface area contributed by atoms with Gasteiger partial charge in [0.2, 0.25) is 0 Å². The summed E-state index contributed by atoms with van der Waals surface area (Å²) in [6, 6.07) is 6.41. The molecule has 29 heavy (non-hydrogen) atoms. The van der Waals surface area contributed by atoms with E-state index in [0.717, 1.165) is 29.3 Å². The van der Waals surface area contributed by atoms with Crippen molar-refractivity contribution in [3.63, 3.8) is 0 Å². The molecule has 2 unspecified atom stereocenters. The molecule has 5 atom stereocenters. The Kier molecular flexibility index (Phi) is 6.54. The summed E-state index contributed by atoms with van der Waals surface area (Å²) < 4.78 is 29.4. The van der Waals surface area contributed by atoms with E-state index in [1.165, 1.54) is 5.56 Å². The molecule has 1 fully saturated rings. The fourth-order valence-electron chi connectivity index (χ4n) is 5.22. The van der Waals surface area contributed by atoms with Gasteiger partial charge in [-0.1, -0.05) is 41.9 Å². The number of fused-ring (bicyclic) bond motifs is 2. The van der Waals surface area contributed by atoms with E-state index < -0.39 is 21.6 Å². The molecule has 1 spiro atoms. The minimum Gasteiger partial charge on any atom is -0.598 e. The van der Waals surface area contributed by atoms with Crippen LogP contribution in [0.15, 0.2) is 35.0 Å². The van der Waals surface area contributed by atoms with Gasteiger partial charge in [0.25, 0.3) is 0 Å². The summed E-state index contributed by atoms with van der Waals surface area (Å²) in [6.07, 6.45) is 3.02. The SMILES string of the molecule is C=C(OCC)C1(N[S+]([O-])C(C)(C)C)c2cc(Br)ccc2[C@@]12C[C@@H](CC)[C@H](OC)C2. The van der Waals surface area contributed by atoms with Gasteiger partial charge in [-0.2, -0.15) is 0 Å². The Balaban J connectivity index is 2.21. The van der Waals surface area contributed by atoms with Gasteiger partial charge in [0.05, 0.1) is 12.7 Å². The van der Waals surface area contributed by atoms with Crippen molar-refractivity contribution in [1.29, 1.82) is 0 Å². The molecular formula is C23H34BrNO3S. The second kappa shape index (κ2) is 8.19. The van der Waals surface area contributed by atoms with Gasteiger partial charge >= 0.3 is 0 Å². The lowest BCUT2D eigenvalue weighted by Crippen LogP contribution is -2.69. The maximum Gasteiger partial charge on any atom is 0.154 e. The van der Waals surface area contributed by atoms with Crippen molar-refractivity contribution in [2.45, 2.75) is 75.7 Å². The van der Waals surface area contributed by atoms with Crippen molar-refractivity contribution in [1.82, 2.24) is 4.72 Å². The molecule has 0 heterocycles. The number of nitrogens with one attached hydrogen (secondary N) is 1. The number of benzene rings is 1. The van der Waals surface area contributed by atoms with E-state index in [2.05, 4.69) is 52.4 Å². The Bertz CT molecular complexity index is 766. The van der Waals surface area contributed by atoms with Gasteiger partial charge in [0.1, 0.15) is 10.5 Å². The predicted molar refractivity (Wildman–Crippen MR) is 123 cm³/mol. The van der Waals surface area contributed by atoms with E-state index in [1.807, 2.05) is 27.7 Å². The Morgan fingerprint density at radius 1 is 1.31 bits per heavy atom. The van der Waals surface area contributed by atoms with Crippen LogP contribution in [-0.2, 0) is 31.8 Å². The lowest BCUT2D eigenvalue weighted by Gasteiger charge is -2.59. The first-order chi connectivity index (χ1) is 13.6. The lowest BCUT2D eigenvalue weighted by molar-refractivity contribution is 0.0504. The maximum absolute atomic E-state index is 13.4. The molecule has 162 valence electrons. The highest BCUT2D eigenvalue weighted by atomic mass is 79.9. The summed E-state index contributed by atoms with van der Waals surface area (Å²) in [5.74, 6) is 1.09. The molecule has 1 aromatic carbocycles. The third-order valence-electron chi connectivity index (χ3n) is 6.67. The van der Waals surface area contributed by atoms with E-state index in [9.17, 15) is 4.55 Å². The molecule has 0 radical (unpaired) electrons. The van der Waals surface area contributed by atoms with E-state index in [1.54, 1.807) is 7.11 Å². The number of halogens is 1. The quantitative estimate of drug-likeness (QED) is 0.420. The summed E-state index contributed by atoms with van der Waals surface area (Å²) in [5.41, 5.74) is 1.44. The van der Waals surface area contributed by atoms with Gasteiger partial charge in [0.15, 0.2) is 5.54 Å². The second-order valence-electron chi connectivity index (χ2n) is 9.21. The van der Waals surface area contributed by atoms with Crippen LogP contribution in [0.2, 0.25) is 0 Å². The summed E-state index contributed by atoms with van der Waals surface area (Å²) in [6.45, 7) is 15.0. The molecule has 1 N–H and O–H groups in total. The summed E-state index contributed by atoms with van der Waals surface area (Å²) in [7, 11) is 1.80. The molecule has 0 bridgehead atoms. The van der Waals surface area contributed by atoms with Gasteiger partial charge in [-0.15, -0.1) is 4.72 Å². The third-order valence-corrected chi connectivity index (χ3v) is 8.77. The maximum atomic E-state index is 13.4. The standard InChI is InChI=1S/C23H34BrNO3S/c1-8-16-13-22(14-20(16)27-7)18-11-10-17(24)12-19(18)23(22,15(3)28-9-2)25-29(26)21(4,5)6/h10-12,16,20,25H,3,8-9,13-14H2,1-2,4-7H3/t16-,20-,22+,23?,29?/m1/s1. The lowest BCUT2D eigenvalue weighted by atomic mass is 9.49. The first kappa shape index (κ1) is 23.1. The Labute approximate surface area is 187 Å². The van der Waals surface area contributed by atoms with Crippen molar-refractivity contribution >= 4 is 27.3 Å². The number of hydrogen-bond acceptors (Lipinski definition) is 4.